The molecule has 1 amide bonds. The maximum atomic E-state index is 14.9. The lowest BCUT2D eigenvalue weighted by Gasteiger charge is -2.40. The van der Waals surface area contributed by atoms with Gasteiger partial charge in [-0.15, -0.1) is 0 Å². The Balaban J connectivity index is 1.27. The van der Waals surface area contributed by atoms with Crippen molar-refractivity contribution in [3.8, 4) is 22.4 Å². The molecule has 0 atom stereocenters. The molecule has 2 saturated heterocycles. The summed E-state index contributed by atoms with van der Waals surface area (Å²) < 4.78 is 42.4. The van der Waals surface area contributed by atoms with E-state index in [1.807, 2.05) is 60.7 Å². The summed E-state index contributed by atoms with van der Waals surface area (Å²) in [6.07, 6.45) is 2.97. The first kappa shape index (κ1) is 34.6. The second-order valence-corrected chi connectivity index (χ2v) is 14.9. The van der Waals surface area contributed by atoms with E-state index in [0.29, 0.717) is 45.9 Å². The van der Waals surface area contributed by atoms with Gasteiger partial charge in [-0.05, 0) is 112 Å². The summed E-state index contributed by atoms with van der Waals surface area (Å²) in [4.78, 5) is 25.1. The van der Waals surface area contributed by atoms with E-state index in [1.165, 1.54) is 31.4 Å². The maximum Gasteiger partial charge on any atom is 0.416 e. The van der Waals surface area contributed by atoms with E-state index in [-0.39, 0.29) is 5.91 Å². The van der Waals surface area contributed by atoms with Crippen molar-refractivity contribution in [3.63, 3.8) is 0 Å². The highest BCUT2D eigenvalue weighted by Crippen LogP contribution is 2.46. The number of piperidine rings is 2. The van der Waals surface area contributed by atoms with Gasteiger partial charge in [0.2, 0.25) is 0 Å². The van der Waals surface area contributed by atoms with E-state index in [2.05, 4.69) is 34.2 Å². The van der Waals surface area contributed by atoms with Crippen LogP contribution in [0.25, 0.3) is 33.3 Å². The van der Waals surface area contributed by atoms with Gasteiger partial charge in [0.15, 0.2) is 0 Å². The van der Waals surface area contributed by atoms with Gasteiger partial charge in [0, 0.05) is 29.1 Å². The monoisotopic (exact) mass is 702 g/mol. The number of fused-ring (bicyclic) bond motifs is 1. The molecule has 5 aromatic rings. The third-order valence-corrected chi connectivity index (χ3v) is 11.5. The Hall–Kier alpha value is -4.53. The van der Waals surface area contributed by atoms with Gasteiger partial charge < -0.3 is 10.2 Å². The molecule has 3 heterocycles. The summed E-state index contributed by atoms with van der Waals surface area (Å²) in [7, 11) is 0. The summed E-state index contributed by atoms with van der Waals surface area (Å²) in [5.41, 5.74) is 5.45. The zero-order valence-electron chi connectivity index (χ0n) is 29.7. The molecule has 8 rings (SSSR count). The van der Waals surface area contributed by atoms with Crippen LogP contribution in [0.5, 0.6) is 0 Å². The molecule has 0 bridgehead atoms. The predicted octanol–water partition coefficient (Wildman–Crippen LogP) is 9.77. The van der Waals surface area contributed by atoms with E-state index >= 15 is 0 Å². The van der Waals surface area contributed by atoms with Gasteiger partial charge in [0.25, 0.3) is 5.91 Å². The Morgan fingerprint density at radius 3 is 2.27 bits per heavy atom. The highest BCUT2D eigenvalue weighted by molar-refractivity contribution is 6.10. The van der Waals surface area contributed by atoms with Gasteiger partial charge in [-0.1, -0.05) is 85.3 Å². The normalized spacial score (nSPS) is 18.4. The average Bonchev–Trinajstić information content (AvgIpc) is 3.95. The SMILES string of the molecule is Cc1ccccc1-c1ccc2c(C(=O)NC3(c4ccccc4)CC3)c(CN3CCC(N4CCCCC4)CC3)c(-c3cccc(C(F)(F)F)c3)nc2c1. The maximum absolute atomic E-state index is 14.9. The van der Waals surface area contributed by atoms with Crippen molar-refractivity contribution in [1.29, 1.82) is 0 Å². The van der Waals surface area contributed by atoms with Gasteiger partial charge in [-0.2, -0.15) is 13.2 Å². The Morgan fingerprint density at radius 1 is 0.827 bits per heavy atom. The molecule has 52 heavy (non-hydrogen) atoms. The highest BCUT2D eigenvalue weighted by Gasteiger charge is 2.46. The first-order valence-corrected chi connectivity index (χ1v) is 18.7. The van der Waals surface area contributed by atoms with E-state index < -0.39 is 17.3 Å². The van der Waals surface area contributed by atoms with Crippen LogP contribution in [0.1, 0.15) is 77.6 Å². The smallest absolute Gasteiger partial charge is 0.342 e. The van der Waals surface area contributed by atoms with Crippen LogP contribution in [0, 0.1) is 6.92 Å². The number of hydrogen-bond donors (Lipinski definition) is 1. The lowest BCUT2D eigenvalue weighted by molar-refractivity contribution is -0.137. The van der Waals surface area contributed by atoms with Crippen molar-refractivity contribution in [2.24, 2.45) is 0 Å². The minimum Gasteiger partial charge on any atom is -0.342 e. The van der Waals surface area contributed by atoms with E-state index in [1.54, 1.807) is 6.07 Å². The van der Waals surface area contributed by atoms with Crippen molar-refractivity contribution in [3.05, 3.63) is 125 Å². The minimum absolute atomic E-state index is 0.219. The van der Waals surface area contributed by atoms with Crippen LogP contribution in [-0.4, -0.2) is 52.9 Å². The Labute approximate surface area is 303 Å². The molecular formula is C44H45F3N4O. The lowest BCUT2D eigenvalue weighted by Crippen LogP contribution is -2.46. The van der Waals surface area contributed by atoms with Crippen LogP contribution in [0.2, 0.25) is 0 Å². The number of hydrogen-bond acceptors (Lipinski definition) is 4. The highest BCUT2D eigenvalue weighted by atomic mass is 19.4. The number of rotatable bonds is 8. The number of likely N-dealkylation sites (tertiary alicyclic amines) is 2. The van der Waals surface area contributed by atoms with Crippen molar-refractivity contribution in [1.82, 2.24) is 20.1 Å². The molecule has 0 spiro atoms. The molecule has 5 nitrogen and oxygen atoms in total. The molecule has 3 fully saturated rings. The van der Waals surface area contributed by atoms with Gasteiger partial charge in [-0.25, -0.2) is 4.98 Å². The minimum atomic E-state index is -4.52. The number of carbonyl (C=O) groups is 1. The fourth-order valence-electron chi connectivity index (χ4n) is 8.46. The summed E-state index contributed by atoms with van der Waals surface area (Å²) in [6.45, 7) is 6.47. The number of aryl methyl sites for hydroxylation is 1. The van der Waals surface area contributed by atoms with Crippen LogP contribution < -0.4 is 5.32 Å². The van der Waals surface area contributed by atoms with Crippen LogP contribution >= 0.6 is 0 Å². The molecule has 268 valence electrons. The predicted molar refractivity (Wildman–Crippen MR) is 201 cm³/mol. The summed E-state index contributed by atoms with van der Waals surface area (Å²) >= 11 is 0. The fraction of sp³-hybridized carbons (Fsp3) is 0.364. The number of amides is 1. The number of pyridine rings is 1. The van der Waals surface area contributed by atoms with Crippen molar-refractivity contribution < 1.29 is 18.0 Å². The molecule has 1 aromatic heterocycles. The van der Waals surface area contributed by atoms with Gasteiger partial charge in [0.1, 0.15) is 0 Å². The third-order valence-electron chi connectivity index (χ3n) is 11.5. The van der Waals surface area contributed by atoms with Gasteiger partial charge in [-0.3, -0.25) is 9.69 Å². The average molecular weight is 703 g/mol. The van der Waals surface area contributed by atoms with E-state index in [0.717, 1.165) is 80.2 Å². The number of alkyl halides is 3. The van der Waals surface area contributed by atoms with Crippen molar-refractivity contribution >= 4 is 16.8 Å². The molecule has 1 saturated carbocycles. The van der Waals surface area contributed by atoms with Crippen LogP contribution in [-0.2, 0) is 18.3 Å². The van der Waals surface area contributed by atoms with Gasteiger partial charge in [0.05, 0.1) is 27.9 Å². The standard InChI is InChI=1S/C44H45F3N4O/c1-30-11-6-7-16-36(30)31-17-18-37-39(28-31)48-41(32-12-10-15-34(27-32)44(45,46)47)38(29-50-25-19-35(20-26-50)51-23-8-3-9-24-51)40(37)42(52)49-43(21-22-43)33-13-4-2-5-14-33/h2,4-7,10-18,27-28,35H,3,8-9,19-26,29H2,1H3,(H,49,52). The third kappa shape index (κ3) is 6.98. The quantitative estimate of drug-likeness (QED) is 0.175. The van der Waals surface area contributed by atoms with E-state index in [4.69, 9.17) is 4.98 Å². The Kier molecular flexibility index (Phi) is 9.39. The molecule has 0 unspecified atom stereocenters. The molecular weight excluding hydrogens is 658 g/mol. The molecule has 0 radical (unpaired) electrons. The molecule has 1 N–H and O–H groups in total. The number of aromatic nitrogens is 1. The van der Waals surface area contributed by atoms with Crippen LogP contribution in [0.15, 0.2) is 97.1 Å². The zero-order valence-corrected chi connectivity index (χ0v) is 29.7. The molecule has 3 aliphatic rings. The van der Waals surface area contributed by atoms with Crippen molar-refractivity contribution in [2.75, 3.05) is 26.2 Å². The van der Waals surface area contributed by atoms with Gasteiger partial charge >= 0.3 is 6.18 Å². The summed E-state index contributed by atoms with van der Waals surface area (Å²) in [6, 6.07) is 30.1. The Morgan fingerprint density at radius 2 is 1.56 bits per heavy atom. The number of halogens is 3. The fourth-order valence-corrected chi connectivity index (χ4v) is 8.46. The summed E-state index contributed by atoms with van der Waals surface area (Å²) in [5, 5.41) is 4.12. The number of nitrogens with one attached hydrogen (secondary N) is 1. The van der Waals surface area contributed by atoms with Crippen molar-refractivity contribution in [2.45, 2.75) is 76.2 Å². The molecule has 4 aromatic carbocycles. The Bertz CT molecular complexity index is 2080. The number of carbonyl (C=O) groups excluding carboxylic acids is 1. The zero-order chi connectivity index (χ0) is 35.9. The molecule has 8 heteroatoms. The second kappa shape index (κ2) is 14.1. The van der Waals surface area contributed by atoms with E-state index in [9.17, 15) is 18.0 Å². The first-order chi connectivity index (χ1) is 25.2. The number of nitrogens with zero attached hydrogens (tertiary/aromatic N) is 3. The number of benzene rings is 4. The molecule has 2 aliphatic heterocycles. The molecule has 1 aliphatic carbocycles. The van der Waals surface area contributed by atoms with Crippen LogP contribution in [0.3, 0.4) is 0 Å². The van der Waals surface area contributed by atoms with Crippen LogP contribution in [0.4, 0.5) is 13.2 Å². The first-order valence-electron chi connectivity index (χ1n) is 18.7. The lowest BCUT2D eigenvalue weighted by atomic mass is 9.91. The second-order valence-electron chi connectivity index (χ2n) is 14.9. The summed E-state index contributed by atoms with van der Waals surface area (Å²) in [5.74, 6) is -0.219. The largest absolute Gasteiger partial charge is 0.416 e. The topological polar surface area (TPSA) is 48.5 Å².